The molecule has 0 atom stereocenters. The minimum atomic E-state index is -0.322. The number of benzene rings is 1. The van der Waals surface area contributed by atoms with Gasteiger partial charge >= 0.3 is 0 Å². The van der Waals surface area contributed by atoms with Gasteiger partial charge in [-0.3, -0.25) is 4.79 Å². The number of carbonyl (C=O) groups is 1. The summed E-state index contributed by atoms with van der Waals surface area (Å²) in [5.41, 5.74) is 1.94. The quantitative estimate of drug-likeness (QED) is 0.874. The van der Waals surface area contributed by atoms with Crippen LogP contribution in [0.25, 0.3) is 0 Å². The Morgan fingerprint density at radius 1 is 1.35 bits per heavy atom. The van der Waals surface area contributed by atoms with E-state index in [0.717, 1.165) is 5.56 Å². The van der Waals surface area contributed by atoms with Gasteiger partial charge in [-0.2, -0.15) is 0 Å². The van der Waals surface area contributed by atoms with E-state index in [1.807, 2.05) is 32.0 Å². The minimum absolute atomic E-state index is 0.264. The molecule has 0 bridgehead atoms. The molecular weight excluding hydrogens is 276 g/mol. The van der Waals surface area contributed by atoms with Crippen LogP contribution in [0.3, 0.4) is 0 Å². The van der Waals surface area contributed by atoms with Gasteiger partial charge < -0.3 is 10.1 Å². The Hall–Kier alpha value is -2.07. The Morgan fingerprint density at radius 3 is 2.85 bits per heavy atom. The highest BCUT2D eigenvalue weighted by atomic mass is 35.5. The van der Waals surface area contributed by atoms with Crippen molar-refractivity contribution >= 4 is 23.2 Å². The topological polar surface area (TPSA) is 51.2 Å². The Kier molecular flexibility index (Phi) is 4.58. The van der Waals surface area contributed by atoms with Gasteiger partial charge in [-0.15, -0.1) is 0 Å². The van der Waals surface area contributed by atoms with Crippen LogP contribution < -0.4 is 10.1 Å². The second-order valence-electron chi connectivity index (χ2n) is 4.23. The number of carbonyl (C=O) groups excluding carboxylic acids is 1. The lowest BCUT2D eigenvalue weighted by atomic mass is 10.2. The van der Waals surface area contributed by atoms with Gasteiger partial charge in [0.05, 0.1) is 12.3 Å². The maximum atomic E-state index is 12.1. The number of hydrogen-bond donors (Lipinski definition) is 1. The molecule has 0 saturated heterocycles. The number of aromatic nitrogens is 1. The zero-order chi connectivity index (χ0) is 14.5. The number of amides is 1. The molecule has 5 heteroatoms. The zero-order valence-electron chi connectivity index (χ0n) is 11.3. The summed E-state index contributed by atoms with van der Waals surface area (Å²) in [4.78, 5) is 16.1. The highest BCUT2D eigenvalue weighted by molar-refractivity contribution is 6.29. The maximum absolute atomic E-state index is 12.1. The molecule has 0 radical (unpaired) electrons. The van der Waals surface area contributed by atoms with Crippen molar-refractivity contribution in [3.63, 3.8) is 0 Å². The number of hydrogen-bond acceptors (Lipinski definition) is 3. The molecule has 1 aromatic heterocycles. The molecule has 0 aliphatic carbocycles. The van der Waals surface area contributed by atoms with Crippen LogP contribution in [0.5, 0.6) is 5.75 Å². The van der Waals surface area contributed by atoms with Gasteiger partial charge in [0.25, 0.3) is 5.91 Å². The molecule has 0 spiro atoms. The van der Waals surface area contributed by atoms with Crippen LogP contribution in [-0.4, -0.2) is 17.5 Å². The van der Waals surface area contributed by atoms with E-state index in [-0.39, 0.29) is 16.8 Å². The first-order valence-electron chi connectivity index (χ1n) is 6.27. The van der Waals surface area contributed by atoms with Crippen molar-refractivity contribution in [2.45, 2.75) is 13.8 Å². The first-order chi connectivity index (χ1) is 9.60. The lowest BCUT2D eigenvalue weighted by Gasteiger charge is -2.12. The average molecular weight is 291 g/mol. The molecule has 20 heavy (non-hydrogen) atoms. The maximum Gasteiger partial charge on any atom is 0.274 e. The Balaban J connectivity index is 2.23. The number of ether oxygens (including phenoxy) is 1. The summed E-state index contributed by atoms with van der Waals surface area (Å²) in [6.07, 6.45) is 0. The average Bonchev–Trinajstić information content (AvgIpc) is 2.42. The number of nitrogens with one attached hydrogen (secondary N) is 1. The van der Waals surface area contributed by atoms with Crippen LogP contribution in [0, 0.1) is 6.92 Å². The fraction of sp³-hybridized carbons (Fsp3) is 0.200. The van der Waals surface area contributed by atoms with E-state index in [4.69, 9.17) is 16.3 Å². The Labute approximate surface area is 122 Å². The second kappa shape index (κ2) is 6.39. The molecule has 1 aromatic carbocycles. The summed E-state index contributed by atoms with van der Waals surface area (Å²) >= 11 is 5.78. The molecular formula is C15H15ClN2O2. The van der Waals surface area contributed by atoms with E-state index in [2.05, 4.69) is 10.3 Å². The van der Waals surface area contributed by atoms with Gasteiger partial charge in [0.2, 0.25) is 0 Å². The zero-order valence-corrected chi connectivity index (χ0v) is 12.1. The van der Waals surface area contributed by atoms with E-state index in [1.54, 1.807) is 18.2 Å². The van der Waals surface area contributed by atoms with Crippen LogP contribution in [0.1, 0.15) is 23.0 Å². The molecule has 0 saturated carbocycles. The van der Waals surface area contributed by atoms with Gasteiger partial charge in [0, 0.05) is 0 Å². The second-order valence-corrected chi connectivity index (χ2v) is 4.62. The molecule has 0 fully saturated rings. The Morgan fingerprint density at radius 2 is 2.15 bits per heavy atom. The van der Waals surface area contributed by atoms with Crippen LogP contribution >= 0.6 is 11.6 Å². The van der Waals surface area contributed by atoms with E-state index in [9.17, 15) is 4.79 Å². The summed E-state index contributed by atoms with van der Waals surface area (Å²) in [6, 6.07) is 10.5. The number of halogens is 1. The number of pyridine rings is 1. The first kappa shape index (κ1) is 14.3. The summed E-state index contributed by atoms with van der Waals surface area (Å²) in [7, 11) is 0. The SMILES string of the molecule is CCOc1cc(C)ccc1NC(=O)c1cccc(Cl)n1. The monoisotopic (exact) mass is 290 g/mol. The standard InChI is InChI=1S/C15H15ClN2O2/c1-3-20-13-9-10(2)7-8-11(13)18-15(19)12-5-4-6-14(16)17-12/h4-9H,3H2,1-2H3,(H,18,19). The Bertz CT molecular complexity index is 629. The molecule has 1 N–H and O–H groups in total. The van der Waals surface area contributed by atoms with E-state index in [0.29, 0.717) is 18.0 Å². The molecule has 1 heterocycles. The smallest absolute Gasteiger partial charge is 0.274 e. The fourth-order valence-electron chi connectivity index (χ4n) is 1.73. The number of aryl methyl sites for hydroxylation is 1. The van der Waals surface area contributed by atoms with Crippen LogP contribution in [0.15, 0.2) is 36.4 Å². The van der Waals surface area contributed by atoms with Crippen molar-refractivity contribution < 1.29 is 9.53 Å². The summed E-state index contributed by atoms with van der Waals surface area (Å²) in [5.74, 6) is 0.320. The number of rotatable bonds is 4. The van der Waals surface area contributed by atoms with Crippen molar-refractivity contribution in [1.29, 1.82) is 0 Å². The van der Waals surface area contributed by atoms with E-state index < -0.39 is 0 Å². The molecule has 0 aliphatic heterocycles. The summed E-state index contributed by atoms with van der Waals surface area (Å²) in [6.45, 7) is 4.39. The van der Waals surface area contributed by atoms with Crippen LogP contribution in [0.2, 0.25) is 5.15 Å². The van der Waals surface area contributed by atoms with Crippen molar-refractivity contribution in [3.8, 4) is 5.75 Å². The third kappa shape index (κ3) is 3.48. The summed E-state index contributed by atoms with van der Waals surface area (Å²) in [5, 5.41) is 3.06. The van der Waals surface area contributed by atoms with Crippen molar-refractivity contribution in [2.75, 3.05) is 11.9 Å². The first-order valence-corrected chi connectivity index (χ1v) is 6.65. The largest absolute Gasteiger partial charge is 0.492 e. The molecule has 4 nitrogen and oxygen atoms in total. The van der Waals surface area contributed by atoms with Gasteiger partial charge in [-0.25, -0.2) is 4.98 Å². The fourth-order valence-corrected chi connectivity index (χ4v) is 1.89. The highest BCUT2D eigenvalue weighted by Crippen LogP contribution is 2.26. The predicted octanol–water partition coefficient (Wildman–Crippen LogP) is 3.69. The van der Waals surface area contributed by atoms with Gasteiger partial charge in [0.1, 0.15) is 16.6 Å². The van der Waals surface area contributed by atoms with E-state index in [1.165, 1.54) is 0 Å². The molecule has 0 aliphatic rings. The van der Waals surface area contributed by atoms with Gasteiger partial charge in [-0.1, -0.05) is 23.7 Å². The van der Waals surface area contributed by atoms with Crippen molar-refractivity contribution in [2.24, 2.45) is 0 Å². The number of nitrogens with zero attached hydrogens (tertiary/aromatic N) is 1. The molecule has 104 valence electrons. The van der Waals surface area contributed by atoms with Crippen LogP contribution in [0.4, 0.5) is 5.69 Å². The predicted molar refractivity (Wildman–Crippen MR) is 79.5 cm³/mol. The van der Waals surface area contributed by atoms with Gasteiger partial charge in [0.15, 0.2) is 0 Å². The molecule has 0 unspecified atom stereocenters. The van der Waals surface area contributed by atoms with E-state index >= 15 is 0 Å². The highest BCUT2D eigenvalue weighted by Gasteiger charge is 2.11. The molecule has 2 aromatic rings. The van der Waals surface area contributed by atoms with Crippen LogP contribution in [-0.2, 0) is 0 Å². The van der Waals surface area contributed by atoms with Gasteiger partial charge in [-0.05, 0) is 43.7 Å². The molecule has 2 rings (SSSR count). The third-order valence-electron chi connectivity index (χ3n) is 2.63. The third-order valence-corrected chi connectivity index (χ3v) is 2.84. The van der Waals surface area contributed by atoms with Crippen molar-refractivity contribution in [1.82, 2.24) is 4.98 Å². The normalized spacial score (nSPS) is 10.2. The lowest BCUT2D eigenvalue weighted by Crippen LogP contribution is -2.14. The van der Waals surface area contributed by atoms with Crippen molar-refractivity contribution in [3.05, 3.63) is 52.8 Å². The number of anilines is 1. The lowest BCUT2D eigenvalue weighted by molar-refractivity contribution is 0.102. The molecule has 1 amide bonds. The minimum Gasteiger partial charge on any atom is -0.492 e. The summed E-state index contributed by atoms with van der Waals surface area (Å²) < 4.78 is 5.52.